The van der Waals surface area contributed by atoms with Gasteiger partial charge in [-0.25, -0.2) is 4.98 Å². The Balaban J connectivity index is 0.00000196. The Kier molecular flexibility index (Phi) is 7.29. The number of thiazole rings is 1. The molecule has 0 saturated heterocycles. The molecule has 3 N–H and O–H groups in total. The van der Waals surface area contributed by atoms with Crippen LogP contribution in [0.3, 0.4) is 0 Å². The molecule has 0 aromatic carbocycles. The third-order valence-electron chi connectivity index (χ3n) is 1.76. The largest absolute Gasteiger partial charge is 0.351 e. The topological polar surface area (TPSA) is 68.0 Å². The highest BCUT2D eigenvalue weighted by Gasteiger charge is 2.07. The van der Waals surface area contributed by atoms with Crippen LogP contribution in [-0.2, 0) is 0 Å². The SMILES string of the molecule is Cc1ncc(C(=O)NCCCCN)s1.Cl. The zero-order chi connectivity index (χ0) is 10.4. The molecular weight excluding hydrogens is 234 g/mol. The average Bonchev–Trinajstić information content (AvgIpc) is 2.59. The van der Waals surface area contributed by atoms with E-state index in [0.29, 0.717) is 18.0 Å². The number of amides is 1. The van der Waals surface area contributed by atoms with E-state index in [1.165, 1.54) is 11.3 Å². The lowest BCUT2D eigenvalue weighted by molar-refractivity contribution is 0.0957. The molecule has 0 aliphatic rings. The molecule has 0 bridgehead atoms. The second kappa shape index (κ2) is 7.62. The summed E-state index contributed by atoms with van der Waals surface area (Å²) in [7, 11) is 0. The maximum atomic E-state index is 11.4. The van der Waals surface area contributed by atoms with Gasteiger partial charge in [0.2, 0.25) is 0 Å². The molecule has 0 spiro atoms. The summed E-state index contributed by atoms with van der Waals surface area (Å²) >= 11 is 1.41. The quantitative estimate of drug-likeness (QED) is 0.774. The van der Waals surface area contributed by atoms with Crippen LogP contribution in [0.2, 0.25) is 0 Å². The van der Waals surface area contributed by atoms with Crippen molar-refractivity contribution < 1.29 is 4.79 Å². The van der Waals surface area contributed by atoms with Crippen LogP contribution < -0.4 is 11.1 Å². The van der Waals surface area contributed by atoms with Crippen LogP contribution in [-0.4, -0.2) is 24.0 Å². The fourth-order valence-corrected chi connectivity index (χ4v) is 1.72. The van der Waals surface area contributed by atoms with E-state index in [0.717, 1.165) is 17.8 Å². The number of rotatable bonds is 5. The minimum absolute atomic E-state index is 0. The van der Waals surface area contributed by atoms with Crippen molar-refractivity contribution in [3.8, 4) is 0 Å². The van der Waals surface area contributed by atoms with Crippen molar-refractivity contribution >= 4 is 29.7 Å². The molecule has 0 radical (unpaired) electrons. The summed E-state index contributed by atoms with van der Waals surface area (Å²) in [5.41, 5.74) is 5.34. The van der Waals surface area contributed by atoms with Gasteiger partial charge in [0.25, 0.3) is 5.91 Å². The number of halogens is 1. The van der Waals surface area contributed by atoms with Crippen LogP contribution in [0.5, 0.6) is 0 Å². The van der Waals surface area contributed by atoms with Gasteiger partial charge in [-0.2, -0.15) is 0 Å². The van der Waals surface area contributed by atoms with Crippen LogP contribution in [0.25, 0.3) is 0 Å². The van der Waals surface area contributed by atoms with E-state index in [-0.39, 0.29) is 18.3 Å². The van der Waals surface area contributed by atoms with Crippen molar-refractivity contribution in [3.63, 3.8) is 0 Å². The van der Waals surface area contributed by atoms with E-state index in [4.69, 9.17) is 5.73 Å². The van der Waals surface area contributed by atoms with E-state index in [1.54, 1.807) is 6.20 Å². The zero-order valence-corrected chi connectivity index (χ0v) is 10.3. The number of nitrogens with zero attached hydrogens (tertiary/aromatic N) is 1. The Labute approximate surface area is 99.7 Å². The number of hydrogen-bond donors (Lipinski definition) is 2. The summed E-state index contributed by atoms with van der Waals surface area (Å²) in [6.07, 6.45) is 3.49. The summed E-state index contributed by atoms with van der Waals surface area (Å²) in [6, 6.07) is 0. The van der Waals surface area contributed by atoms with Gasteiger partial charge in [-0.15, -0.1) is 23.7 Å². The molecule has 6 heteroatoms. The van der Waals surface area contributed by atoms with Gasteiger partial charge in [0, 0.05) is 6.54 Å². The van der Waals surface area contributed by atoms with Crippen molar-refractivity contribution in [1.82, 2.24) is 10.3 Å². The monoisotopic (exact) mass is 249 g/mol. The molecule has 4 nitrogen and oxygen atoms in total. The lowest BCUT2D eigenvalue weighted by atomic mass is 10.3. The standard InChI is InChI=1S/C9H15N3OS.ClH/c1-7-12-6-8(14-7)9(13)11-5-3-2-4-10;/h6H,2-5,10H2,1H3,(H,11,13);1H. The predicted molar refractivity (Wildman–Crippen MR) is 64.7 cm³/mol. The van der Waals surface area contributed by atoms with E-state index < -0.39 is 0 Å². The third-order valence-corrected chi connectivity index (χ3v) is 2.67. The number of aromatic nitrogens is 1. The molecule has 0 aliphatic carbocycles. The van der Waals surface area contributed by atoms with E-state index in [2.05, 4.69) is 10.3 Å². The van der Waals surface area contributed by atoms with Gasteiger partial charge < -0.3 is 11.1 Å². The summed E-state index contributed by atoms with van der Waals surface area (Å²) in [4.78, 5) is 16.1. The maximum absolute atomic E-state index is 11.4. The Morgan fingerprint density at radius 2 is 2.33 bits per heavy atom. The first-order valence-corrected chi connectivity index (χ1v) is 5.46. The van der Waals surface area contributed by atoms with Crippen molar-refractivity contribution in [1.29, 1.82) is 0 Å². The number of hydrogen-bond acceptors (Lipinski definition) is 4. The van der Waals surface area contributed by atoms with E-state index in [9.17, 15) is 4.79 Å². The van der Waals surface area contributed by atoms with E-state index >= 15 is 0 Å². The van der Waals surface area contributed by atoms with Crippen LogP contribution in [0, 0.1) is 6.92 Å². The highest BCUT2D eigenvalue weighted by atomic mass is 35.5. The molecule has 0 saturated carbocycles. The molecule has 1 heterocycles. The smallest absolute Gasteiger partial charge is 0.263 e. The van der Waals surface area contributed by atoms with Crippen LogP contribution in [0.15, 0.2) is 6.20 Å². The average molecular weight is 250 g/mol. The molecule has 0 atom stereocenters. The van der Waals surface area contributed by atoms with Crippen LogP contribution >= 0.6 is 23.7 Å². The van der Waals surface area contributed by atoms with Crippen molar-refractivity contribution in [2.75, 3.05) is 13.1 Å². The van der Waals surface area contributed by atoms with Gasteiger partial charge >= 0.3 is 0 Å². The van der Waals surface area contributed by atoms with Crippen LogP contribution in [0.4, 0.5) is 0 Å². The van der Waals surface area contributed by atoms with Crippen molar-refractivity contribution in [2.45, 2.75) is 19.8 Å². The fourth-order valence-electron chi connectivity index (χ4n) is 1.02. The van der Waals surface area contributed by atoms with Crippen molar-refractivity contribution in [2.24, 2.45) is 5.73 Å². The highest BCUT2D eigenvalue weighted by Crippen LogP contribution is 2.10. The first-order chi connectivity index (χ1) is 6.74. The summed E-state index contributed by atoms with van der Waals surface area (Å²) in [6.45, 7) is 3.25. The second-order valence-electron chi connectivity index (χ2n) is 3.00. The lowest BCUT2D eigenvalue weighted by Gasteiger charge is -2.01. The molecule has 86 valence electrons. The number of carbonyl (C=O) groups excluding carboxylic acids is 1. The molecule has 1 aromatic heterocycles. The molecular formula is C9H16ClN3OS. The number of nitrogens with one attached hydrogen (secondary N) is 1. The Morgan fingerprint density at radius 1 is 1.60 bits per heavy atom. The second-order valence-corrected chi connectivity index (χ2v) is 4.23. The molecule has 0 unspecified atom stereocenters. The number of aryl methyl sites for hydroxylation is 1. The molecule has 0 fully saturated rings. The fraction of sp³-hybridized carbons (Fsp3) is 0.556. The number of carbonyl (C=O) groups is 1. The molecule has 0 aliphatic heterocycles. The molecule has 1 aromatic rings. The Morgan fingerprint density at radius 3 is 2.87 bits per heavy atom. The third kappa shape index (κ3) is 5.11. The Hall–Kier alpha value is -0.650. The predicted octanol–water partition coefficient (Wildman–Crippen LogP) is 1.34. The molecule has 1 amide bonds. The Bertz CT molecular complexity index is 303. The normalized spacial score (nSPS) is 9.47. The first-order valence-electron chi connectivity index (χ1n) is 4.64. The van der Waals surface area contributed by atoms with Gasteiger partial charge in [-0.3, -0.25) is 4.79 Å². The summed E-state index contributed by atoms with van der Waals surface area (Å²) in [5, 5.41) is 3.74. The van der Waals surface area contributed by atoms with Crippen molar-refractivity contribution in [3.05, 3.63) is 16.1 Å². The van der Waals surface area contributed by atoms with Gasteiger partial charge in [0.05, 0.1) is 11.2 Å². The lowest BCUT2D eigenvalue weighted by Crippen LogP contribution is -2.23. The molecule has 1 rings (SSSR count). The van der Waals surface area contributed by atoms with Gasteiger partial charge in [0.15, 0.2) is 0 Å². The number of nitrogens with two attached hydrogens (primary N) is 1. The maximum Gasteiger partial charge on any atom is 0.263 e. The summed E-state index contributed by atoms with van der Waals surface area (Å²) < 4.78 is 0. The zero-order valence-electron chi connectivity index (χ0n) is 8.66. The van der Waals surface area contributed by atoms with E-state index in [1.807, 2.05) is 6.92 Å². The summed E-state index contributed by atoms with van der Waals surface area (Å²) in [5.74, 6) is -0.0346. The van der Waals surface area contributed by atoms with Gasteiger partial charge in [0.1, 0.15) is 4.88 Å². The highest BCUT2D eigenvalue weighted by molar-refractivity contribution is 7.13. The minimum atomic E-state index is -0.0346. The first kappa shape index (κ1) is 14.3. The number of unbranched alkanes of at least 4 members (excludes halogenated alkanes) is 1. The van der Waals surface area contributed by atoms with Gasteiger partial charge in [-0.05, 0) is 26.3 Å². The van der Waals surface area contributed by atoms with Gasteiger partial charge in [-0.1, -0.05) is 0 Å². The van der Waals surface area contributed by atoms with Crippen LogP contribution in [0.1, 0.15) is 27.5 Å². The minimum Gasteiger partial charge on any atom is -0.351 e. The molecule has 15 heavy (non-hydrogen) atoms.